The molecule has 110 valence electrons. The first-order valence-electron chi connectivity index (χ1n) is 6.46. The van der Waals surface area contributed by atoms with Gasteiger partial charge in [-0.3, -0.25) is 4.79 Å². The number of hydrogen-bond donors (Lipinski definition) is 0. The van der Waals surface area contributed by atoms with Crippen molar-refractivity contribution in [3.8, 4) is 5.75 Å². The Kier molecular flexibility index (Phi) is 4.54. The zero-order valence-corrected chi connectivity index (χ0v) is 11.4. The Bertz CT molecular complexity index is 471. The fourth-order valence-corrected chi connectivity index (χ4v) is 2.36. The Labute approximate surface area is 116 Å². The van der Waals surface area contributed by atoms with Crippen molar-refractivity contribution >= 4 is 5.91 Å². The number of alkyl halides is 2. The standard InChI is InChI=1S/C14H17F2NO3/c1-9-7-17(8-10(2)19-9)13(18)11-5-3-4-6-12(11)20-14(15)16/h3-6,9-10,14H,7-8H2,1-2H3/t9-,10-/m1/s1. The molecule has 20 heavy (non-hydrogen) atoms. The summed E-state index contributed by atoms with van der Waals surface area (Å²) in [6.07, 6.45) is -0.156. The summed E-state index contributed by atoms with van der Waals surface area (Å²) in [4.78, 5) is 14.0. The number of para-hydroxylation sites is 1. The van der Waals surface area contributed by atoms with Gasteiger partial charge in [-0.05, 0) is 26.0 Å². The third kappa shape index (κ3) is 3.45. The molecule has 0 N–H and O–H groups in total. The number of benzene rings is 1. The number of carbonyl (C=O) groups is 1. The van der Waals surface area contributed by atoms with Gasteiger partial charge in [-0.25, -0.2) is 0 Å². The average molecular weight is 285 g/mol. The van der Waals surface area contributed by atoms with Crippen LogP contribution in [0.25, 0.3) is 0 Å². The van der Waals surface area contributed by atoms with Crippen LogP contribution < -0.4 is 4.74 Å². The number of carbonyl (C=O) groups excluding carboxylic acids is 1. The molecule has 1 fully saturated rings. The predicted molar refractivity (Wildman–Crippen MR) is 69.0 cm³/mol. The topological polar surface area (TPSA) is 38.8 Å². The van der Waals surface area contributed by atoms with Gasteiger partial charge in [-0.15, -0.1) is 0 Å². The van der Waals surface area contributed by atoms with E-state index in [9.17, 15) is 13.6 Å². The molecule has 0 aliphatic carbocycles. The maximum atomic E-state index is 12.4. The molecule has 1 amide bonds. The largest absolute Gasteiger partial charge is 0.434 e. The molecule has 6 heteroatoms. The Morgan fingerprint density at radius 1 is 1.30 bits per heavy atom. The van der Waals surface area contributed by atoms with E-state index in [0.29, 0.717) is 13.1 Å². The SMILES string of the molecule is C[C@@H]1CN(C(=O)c2ccccc2OC(F)F)C[C@@H](C)O1. The highest BCUT2D eigenvalue weighted by Crippen LogP contribution is 2.23. The summed E-state index contributed by atoms with van der Waals surface area (Å²) < 4.78 is 34.7. The zero-order valence-electron chi connectivity index (χ0n) is 11.4. The van der Waals surface area contributed by atoms with Crippen LogP contribution in [-0.4, -0.2) is 42.7 Å². The summed E-state index contributed by atoms with van der Waals surface area (Å²) in [5.41, 5.74) is 0.147. The maximum Gasteiger partial charge on any atom is 0.387 e. The van der Waals surface area contributed by atoms with Gasteiger partial charge in [0.2, 0.25) is 0 Å². The normalized spacial score (nSPS) is 22.9. The van der Waals surface area contributed by atoms with Crippen molar-refractivity contribution < 1.29 is 23.0 Å². The molecule has 1 aliphatic rings. The number of nitrogens with zero attached hydrogens (tertiary/aromatic N) is 1. The first-order chi connectivity index (χ1) is 9.47. The smallest absolute Gasteiger partial charge is 0.387 e. The van der Waals surface area contributed by atoms with Crippen molar-refractivity contribution in [3.05, 3.63) is 29.8 Å². The molecule has 1 saturated heterocycles. The number of morpholine rings is 1. The van der Waals surface area contributed by atoms with E-state index in [-0.39, 0.29) is 29.4 Å². The fraction of sp³-hybridized carbons (Fsp3) is 0.500. The van der Waals surface area contributed by atoms with Crippen molar-refractivity contribution in [2.75, 3.05) is 13.1 Å². The van der Waals surface area contributed by atoms with Gasteiger partial charge < -0.3 is 14.4 Å². The minimum absolute atomic E-state index is 0.0779. The van der Waals surface area contributed by atoms with Crippen molar-refractivity contribution in [1.29, 1.82) is 0 Å². The van der Waals surface area contributed by atoms with Crippen LogP contribution in [0.4, 0.5) is 8.78 Å². The minimum Gasteiger partial charge on any atom is -0.434 e. The third-order valence-corrected chi connectivity index (χ3v) is 3.04. The summed E-state index contributed by atoms with van der Waals surface area (Å²) in [5.74, 6) is -0.414. The van der Waals surface area contributed by atoms with Crippen LogP contribution in [0, 0.1) is 0 Å². The quantitative estimate of drug-likeness (QED) is 0.856. The first kappa shape index (κ1) is 14.7. The highest BCUT2D eigenvalue weighted by molar-refractivity contribution is 5.97. The van der Waals surface area contributed by atoms with E-state index in [0.717, 1.165) is 0 Å². The molecular weight excluding hydrogens is 268 g/mol. The summed E-state index contributed by atoms with van der Waals surface area (Å²) in [6.45, 7) is 1.67. The van der Waals surface area contributed by atoms with Crippen LogP contribution in [0.5, 0.6) is 5.75 Å². The molecule has 0 radical (unpaired) electrons. The molecule has 1 heterocycles. The summed E-state index contributed by atoms with van der Waals surface area (Å²) in [7, 11) is 0. The number of rotatable bonds is 3. The zero-order chi connectivity index (χ0) is 14.7. The fourth-order valence-electron chi connectivity index (χ4n) is 2.36. The second-order valence-corrected chi connectivity index (χ2v) is 4.84. The average Bonchev–Trinajstić information content (AvgIpc) is 2.36. The van der Waals surface area contributed by atoms with E-state index in [2.05, 4.69) is 4.74 Å². The van der Waals surface area contributed by atoms with Crippen molar-refractivity contribution in [2.45, 2.75) is 32.7 Å². The van der Waals surface area contributed by atoms with E-state index in [1.54, 1.807) is 17.0 Å². The molecular formula is C14H17F2NO3. The summed E-state index contributed by atoms with van der Waals surface area (Å²) in [6, 6.07) is 6.04. The molecule has 0 unspecified atom stereocenters. The van der Waals surface area contributed by atoms with E-state index >= 15 is 0 Å². The predicted octanol–water partition coefficient (Wildman–Crippen LogP) is 2.54. The lowest BCUT2D eigenvalue weighted by molar-refractivity contribution is -0.0602. The molecule has 1 aliphatic heterocycles. The van der Waals surface area contributed by atoms with Gasteiger partial charge in [0.15, 0.2) is 0 Å². The Morgan fingerprint density at radius 2 is 1.90 bits per heavy atom. The molecule has 2 atom stereocenters. The lowest BCUT2D eigenvalue weighted by Crippen LogP contribution is -2.48. The highest BCUT2D eigenvalue weighted by Gasteiger charge is 2.28. The number of ether oxygens (including phenoxy) is 2. The van der Waals surface area contributed by atoms with Gasteiger partial charge in [-0.1, -0.05) is 12.1 Å². The second kappa shape index (κ2) is 6.17. The van der Waals surface area contributed by atoms with Crippen LogP contribution >= 0.6 is 0 Å². The van der Waals surface area contributed by atoms with Crippen molar-refractivity contribution in [2.24, 2.45) is 0 Å². The second-order valence-electron chi connectivity index (χ2n) is 4.84. The van der Waals surface area contributed by atoms with E-state index in [1.165, 1.54) is 12.1 Å². The minimum atomic E-state index is -2.95. The molecule has 1 aromatic rings. The van der Waals surface area contributed by atoms with E-state index in [1.807, 2.05) is 13.8 Å². The van der Waals surface area contributed by atoms with Crippen LogP contribution in [0.2, 0.25) is 0 Å². The Hall–Kier alpha value is -1.69. The van der Waals surface area contributed by atoms with Crippen LogP contribution in [0.1, 0.15) is 24.2 Å². The summed E-state index contributed by atoms with van der Waals surface area (Å²) >= 11 is 0. The van der Waals surface area contributed by atoms with E-state index < -0.39 is 6.61 Å². The van der Waals surface area contributed by atoms with Gasteiger partial charge >= 0.3 is 6.61 Å². The lowest BCUT2D eigenvalue weighted by Gasteiger charge is -2.35. The number of amides is 1. The van der Waals surface area contributed by atoms with Gasteiger partial charge in [0.05, 0.1) is 17.8 Å². The maximum absolute atomic E-state index is 12.4. The first-order valence-corrected chi connectivity index (χ1v) is 6.46. The summed E-state index contributed by atoms with van der Waals surface area (Å²) in [5, 5.41) is 0. The molecule has 0 saturated carbocycles. The molecule has 0 bridgehead atoms. The van der Waals surface area contributed by atoms with Crippen LogP contribution in [-0.2, 0) is 4.74 Å². The molecule has 0 spiro atoms. The van der Waals surface area contributed by atoms with Gasteiger partial charge in [0.25, 0.3) is 5.91 Å². The van der Waals surface area contributed by atoms with Crippen LogP contribution in [0.15, 0.2) is 24.3 Å². The van der Waals surface area contributed by atoms with E-state index in [4.69, 9.17) is 4.74 Å². The third-order valence-electron chi connectivity index (χ3n) is 3.04. The monoisotopic (exact) mass is 285 g/mol. The molecule has 1 aromatic carbocycles. The van der Waals surface area contributed by atoms with Gasteiger partial charge in [0, 0.05) is 13.1 Å². The Balaban J connectivity index is 2.20. The molecule has 2 rings (SSSR count). The van der Waals surface area contributed by atoms with Crippen molar-refractivity contribution in [3.63, 3.8) is 0 Å². The van der Waals surface area contributed by atoms with Gasteiger partial charge in [-0.2, -0.15) is 8.78 Å². The van der Waals surface area contributed by atoms with Crippen molar-refractivity contribution in [1.82, 2.24) is 4.90 Å². The number of hydrogen-bond acceptors (Lipinski definition) is 3. The lowest BCUT2D eigenvalue weighted by atomic mass is 10.1. The molecule has 0 aromatic heterocycles. The Morgan fingerprint density at radius 3 is 2.50 bits per heavy atom. The van der Waals surface area contributed by atoms with Gasteiger partial charge in [0.1, 0.15) is 5.75 Å². The highest BCUT2D eigenvalue weighted by atomic mass is 19.3. The number of halogens is 2. The van der Waals surface area contributed by atoms with Crippen LogP contribution in [0.3, 0.4) is 0 Å². The molecule has 4 nitrogen and oxygen atoms in total.